The van der Waals surface area contributed by atoms with Crippen molar-refractivity contribution < 1.29 is 4.74 Å². The number of aliphatic imine (C=N–C) groups is 1. The van der Waals surface area contributed by atoms with Gasteiger partial charge in [0, 0.05) is 52.8 Å². The molecule has 6 heteroatoms. The molecule has 0 radical (unpaired) electrons. The maximum absolute atomic E-state index is 6.06. The summed E-state index contributed by atoms with van der Waals surface area (Å²) in [5.41, 5.74) is 1.57. The molecule has 1 aliphatic rings. The van der Waals surface area contributed by atoms with Crippen LogP contribution in [0.15, 0.2) is 17.3 Å². The average molecular weight is 341 g/mol. The molecule has 130 valence electrons. The van der Waals surface area contributed by atoms with Crippen LogP contribution < -0.4 is 5.32 Å². The number of guanidine groups is 1. The Morgan fingerprint density at radius 1 is 1.52 bits per heavy atom. The predicted octanol–water partition coefficient (Wildman–Crippen LogP) is 2.89. The summed E-state index contributed by atoms with van der Waals surface area (Å²) >= 11 is 6.06. The lowest BCUT2D eigenvalue weighted by Gasteiger charge is -2.25. The smallest absolute Gasteiger partial charge is 0.193 e. The molecule has 0 atom stereocenters. The Balaban J connectivity index is 1.84. The summed E-state index contributed by atoms with van der Waals surface area (Å²) in [6.07, 6.45) is 5.61. The van der Waals surface area contributed by atoms with Crippen LogP contribution >= 0.6 is 11.6 Å². The van der Waals surface area contributed by atoms with Gasteiger partial charge in [0.1, 0.15) is 0 Å². The topological polar surface area (TPSA) is 41.8 Å². The molecule has 0 aromatic carbocycles. The first kappa shape index (κ1) is 18.1. The number of ether oxygens (including phenoxy) is 1. The average Bonchev–Trinajstić information content (AvgIpc) is 3.20. The van der Waals surface area contributed by atoms with Crippen LogP contribution in [0.1, 0.15) is 31.9 Å². The van der Waals surface area contributed by atoms with Crippen LogP contribution in [-0.4, -0.2) is 49.3 Å². The molecule has 1 N–H and O–H groups in total. The molecule has 0 bridgehead atoms. The van der Waals surface area contributed by atoms with Crippen LogP contribution in [0.5, 0.6) is 0 Å². The van der Waals surface area contributed by atoms with Crippen molar-refractivity contribution in [2.24, 2.45) is 17.5 Å². The summed E-state index contributed by atoms with van der Waals surface area (Å²) < 4.78 is 7.55. The van der Waals surface area contributed by atoms with E-state index >= 15 is 0 Å². The summed E-state index contributed by atoms with van der Waals surface area (Å²) in [5, 5.41) is 4.29. The fourth-order valence-electron chi connectivity index (χ4n) is 2.82. The first-order chi connectivity index (χ1) is 11.0. The Labute approximate surface area is 144 Å². The Morgan fingerprint density at radius 3 is 2.78 bits per heavy atom. The SMILES string of the molecule is CCOCCC1(CNC(=NC)N(C)Cc2cc(Cl)cn2C)CC1. The zero-order valence-corrected chi connectivity index (χ0v) is 15.5. The van der Waals surface area contributed by atoms with Gasteiger partial charge in [0.25, 0.3) is 0 Å². The van der Waals surface area contributed by atoms with Gasteiger partial charge in [-0.3, -0.25) is 4.99 Å². The first-order valence-electron chi connectivity index (χ1n) is 8.30. The number of aromatic nitrogens is 1. The zero-order valence-electron chi connectivity index (χ0n) is 14.7. The van der Waals surface area contributed by atoms with E-state index in [2.05, 4.69) is 26.8 Å². The van der Waals surface area contributed by atoms with Crippen LogP contribution in [0.2, 0.25) is 5.02 Å². The quantitative estimate of drug-likeness (QED) is 0.449. The van der Waals surface area contributed by atoms with Crippen molar-refractivity contribution in [3.8, 4) is 0 Å². The lowest BCUT2D eigenvalue weighted by Crippen LogP contribution is -2.41. The highest BCUT2D eigenvalue weighted by molar-refractivity contribution is 6.30. The number of hydrogen-bond acceptors (Lipinski definition) is 2. The molecule has 1 saturated carbocycles. The molecular weight excluding hydrogens is 312 g/mol. The van der Waals surface area contributed by atoms with Gasteiger partial charge in [0.15, 0.2) is 5.96 Å². The molecule has 1 aromatic heterocycles. The summed E-state index contributed by atoms with van der Waals surface area (Å²) in [5.74, 6) is 0.921. The highest BCUT2D eigenvalue weighted by atomic mass is 35.5. The van der Waals surface area contributed by atoms with Crippen molar-refractivity contribution in [1.82, 2.24) is 14.8 Å². The van der Waals surface area contributed by atoms with E-state index in [0.717, 1.165) is 49.4 Å². The van der Waals surface area contributed by atoms with Crippen molar-refractivity contribution in [2.75, 3.05) is 33.9 Å². The van der Waals surface area contributed by atoms with Crippen molar-refractivity contribution in [3.63, 3.8) is 0 Å². The minimum atomic E-state index is 0.403. The van der Waals surface area contributed by atoms with Gasteiger partial charge in [0.2, 0.25) is 0 Å². The van der Waals surface area contributed by atoms with Gasteiger partial charge in [-0.15, -0.1) is 0 Å². The third-order valence-corrected chi connectivity index (χ3v) is 4.81. The van der Waals surface area contributed by atoms with Crippen LogP contribution in [0.25, 0.3) is 0 Å². The lowest BCUT2D eigenvalue weighted by atomic mass is 10.0. The van der Waals surface area contributed by atoms with Crippen molar-refractivity contribution in [1.29, 1.82) is 0 Å². The Hall–Kier alpha value is -1.20. The molecule has 0 unspecified atom stereocenters. The van der Waals surface area contributed by atoms with Crippen LogP contribution in [-0.2, 0) is 18.3 Å². The molecule has 0 saturated heterocycles. The van der Waals surface area contributed by atoms with Gasteiger partial charge in [-0.25, -0.2) is 0 Å². The molecule has 1 aromatic rings. The second-order valence-electron chi connectivity index (χ2n) is 6.46. The number of nitrogens with one attached hydrogen (secondary N) is 1. The molecule has 1 fully saturated rings. The fraction of sp³-hybridized carbons (Fsp3) is 0.706. The van der Waals surface area contributed by atoms with Crippen molar-refractivity contribution in [2.45, 2.75) is 32.7 Å². The number of hydrogen-bond donors (Lipinski definition) is 1. The van der Waals surface area contributed by atoms with Crippen molar-refractivity contribution >= 4 is 17.6 Å². The summed E-state index contributed by atoms with van der Waals surface area (Å²) in [4.78, 5) is 6.54. The van der Waals surface area contributed by atoms with Gasteiger partial charge in [0.05, 0.1) is 11.6 Å². The Morgan fingerprint density at radius 2 is 2.26 bits per heavy atom. The van der Waals surface area contributed by atoms with E-state index in [1.807, 2.05) is 33.3 Å². The third-order valence-electron chi connectivity index (χ3n) is 4.61. The molecule has 23 heavy (non-hydrogen) atoms. The second kappa shape index (κ2) is 8.06. The molecule has 1 aliphatic carbocycles. The number of aryl methyl sites for hydroxylation is 1. The van der Waals surface area contributed by atoms with E-state index in [1.54, 1.807) is 0 Å². The molecule has 1 heterocycles. The maximum Gasteiger partial charge on any atom is 0.193 e. The maximum atomic E-state index is 6.06. The summed E-state index contributed by atoms with van der Waals surface area (Å²) in [7, 11) is 5.89. The standard InChI is InChI=1S/C17H29ClN4O/c1-5-23-9-8-17(6-7-17)13-20-16(19-2)22(4)12-15-10-14(18)11-21(15)3/h10-11H,5-9,12-13H2,1-4H3,(H,19,20). The minimum absolute atomic E-state index is 0.403. The number of halogens is 1. The predicted molar refractivity (Wildman–Crippen MR) is 96.0 cm³/mol. The highest BCUT2D eigenvalue weighted by Crippen LogP contribution is 2.48. The van der Waals surface area contributed by atoms with Gasteiger partial charge in [-0.2, -0.15) is 0 Å². The highest BCUT2D eigenvalue weighted by Gasteiger charge is 2.42. The molecule has 0 spiro atoms. The largest absolute Gasteiger partial charge is 0.382 e. The normalized spacial score (nSPS) is 16.5. The van der Waals surface area contributed by atoms with E-state index in [0.29, 0.717) is 5.41 Å². The molecule has 5 nitrogen and oxygen atoms in total. The molecule has 0 amide bonds. The monoisotopic (exact) mass is 340 g/mol. The van der Waals surface area contributed by atoms with Crippen molar-refractivity contribution in [3.05, 3.63) is 23.0 Å². The summed E-state index contributed by atoms with van der Waals surface area (Å²) in [6, 6.07) is 2.00. The minimum Gasteiger partial charge on any atom is -0.382 e. The van der Waals surface area contributed by atoms with Crippen LogP contribution in [0.3, 0.4) is 0 Å². The van der Waals surface area contributed by atoms with E-state index in [-0.39, 0.29) is 0 Å². The molecular formula is C17H29ClN4O. The second-order valence-corrected chi connectivity index (χ2v) is 6.90. The van der Waals surface area contributed by atoms with Gasteiger partial charge >= 0.3 is 0 Å². The first-order valence-corrected chi connectivity index (χ1v) is 8.68. The molecule has 0 aliphatic heterocycles. The number of rotatable bonds is 8. The van der Waals surface area contributed by atoms with Gasteiger partial charge in [-0.1, -0.05) is 11.6 Å². The van der Waals surface area contributed by atoms with Gasteiger partial charge < -0.3 is 19.5 Å². The Kier molecular flexibility index (Phi) is 6.36. The summed E-state index contributed by atoms with van der Waals surface area (Å²) in [6.45, 7) is 5.44. The zero-order chi connectivity index (χ0) is 16.9. The van der Waals surface area contributed by atoms with E-state index < -0.39 is 0 Å². The third kappa shape index (κ3) is 5.15. The van der Waals surface area contributed by atoms with Gasteiger partial charge in [-0.05, 0) is 37.7 Å². The fourth-order valence-corrected chi connectivity index (χ4v) is 3.09. The van der Waals surface area contributed by atoms with E-state index in [9.17, 15) is 0 Å². The van der Waals surface area contributed by atoms with Crippen LogP contribution in [0.4, 0.5) is 0 Å². The van der Waals surface area contributed by atoms with E-state index in [1.165, 1.54) is 12.8 Å². The molecule has 2 rings (SSSR count). The van der Waals surface area contributed by atoms with Crippen LogP contribution in [0, 0.1) is 5.41 Å². The Bertz CT molecular complexity index is 537. The number of nitrogens with zero attached hydrogens (tertiary/aromatic N) is 3. The lowest BCUT2D eigenvalue weighted by molar-refractivity contribution is 0.128. The van der Waals surface area contributed by atoms with E-state index in [4.69, 9.17) is 16.3 Å².